The van der Waals surface area contributed by atoms with Crippen molar-refractivity contribution in [1.29, 1.82) is 0 Å². The summed E-state index contributed by atoms with van der Waals surface area (Å²) < 4.78 is 0. The standard InChI is InChI=1S/C25H34N4O3S/c1-6-7-19(17-8-10-18(11-9-17)23-16(2)27-15-33-23)28-24(32)20-12-21(30)26-14-29(20)22(31)13-25(3,4)5/h8-11,15,19-20H,6-7,12-14H2,1-5H3,(H,26,30)(H,28,32). The van der Waals surface area contributed by atoms with Gasteiger partial charge in [-0.25, -0.2) is 4.98 Å². The molecule has 0 aliphatic carbocycles. The Hall–Kier alpha value is -2.74. The molecule has 0 radical (unpaired) electrons. The number of amides is 3. The van der Waals surface area contributed by atoms with Crippen molar-refractivity contribution >= 4 is 29.1 Å². The molecule has 2 unspecified atom stereocenters. The van der Waals surface area contributed by atoms with E-state index in [4.69, 9.17) is 0 Å². The van der Waals surface area contributed by atoms with Gasteiger partial charge in [-0.2, -0.15) is 0 Å². The number of hydrogen-bond donors (Lipinski definition) is 2. The Kier molecular flexibility index (Phi) is 7.89. The van der Waals surface area contributed by atoms with E-state index in [0.717, 1.165) is 34.5 Å². The van der Waals surface area contributed by atoms with Gasteiger partial charge in [0.2, 0.25) is 17.7 Å². The fourth-order valence-electron chi connectivity index (χ4n) is 4.02. The molecule has 8 heteroatoms. The van der Waals surface area contributed by atoms with Crippen LogP contribution in [0.25, 0.3) is 10.4 Å². The van der Waals surface area contributed by atoms with E-state index < -0.39 is 6.04 Å². The summed E-state index contributed by atoms with van der Waals surface area (Å²) in [6.07, 6.45) is 1.94. The van der Waals surface area contributed by atoms with E-state index in [1.807, 2.05) is 45.3 Å². The maximum Gasteiger partial charge on any atom is 0.243 e. The van der Waals surface area contributed by atoms with Gasteiger partial charge in [0.05, 0.1) is 35.2 Å². The van der Waals surface area contributed by atoms with Crippen LogP contribution in [0.2, 0.25) is 0 Å². The van der Waals surface area contributed by atoms with Gasteiger partial charge in [0, 0.05) is 6.42 Å². The Labute approximate surface area is 200 Å². The summed E-state index contributed by atoms with van der Waals surface area (Å²) in [7, 11) is 0. The van der Waals surface area contributed by atoms with Gasteiger partial charge in [0.25, 0.3) is 0 Å². The number of hydrogen-bond acceptors (Lipinski definition) is 5. The molecule has 1 aliphatic rings. The highest BCUT2D eigenvalue weighted by Crippen LogP contribution is 2.29. The van der Waals surface area contributed by atoms with Gasteiger partial charge < -0.3 is 15.5 Å². The molecule has 0 saturated carbocycles. The first-order chi connectivity index (χ1) is 15.6. The van der Waals surface area contributed by atoms with E-state index >= 15 is 0 Å². The summed E-state index contributed by atoms with van der Waals surface area (Å²) in [4.78, 5) is 45.2. The first kappa shape index (κ1) is 24.9. The third kappa shape index (κ3) is 6.41. The largest absolute Gasteiger partial charge is 0.347 e. The SMILES string of the molecule is CCCC(NC(=O)C1CC(=O)NCN1C(=O)CC(C)(C)C)c1ccc(-c2scnc2C)cc1. The predicted molar refractivity (Wildman–Crippen MR) is 130 cm³/mol. The third-order valence-corrected chi connectivity index (χ3v) is 6.70. The smallest absolute Gasteiger partial charge is 0.243 e. The van der Waals surface area contributed by atoms with Crippen molar-refractivity contribution in [3.63, 3.8) is 0 Å². The van der Waals surface area contributed by atoms with E-state index in [1.54, 1.807) is 11.3 Å². The maximum absolute atomic E-state index is 13.3. The molecule has 178 valence electrons. The quantitative estimate of drug-likeness (QED) is 0.635. The first-order valence-corrected chi connectivity index (χ1v) is 12.3. The van der Waals surface area contributed by atoms with E-state index in [2.05, 4.69) is 34.7 Å². The summed E-state index contributed by atoms with van der Waals surface area (Å²) in [6.45, 7) is 10.1. The number of carbonyl (C=O) groups excluding carboxylic acids is 3. The van der Waals surface area contributed by atoms with Crippen LogP contribution in [0.5, 0.6) is 0 Å². The second kappa shape index (κ2) is 10.5. The third-order valence-electron chi connectivity index (χ3n) is 5.72. The minimum Gasteiger partial charge on any atom is -0.347 e. The molecule has 7 nitrogen and oxygen atoms in total. The molecule has 2 aromatic rings. The Morgan fingerprint density at radius 3 is 2.55 bits per heavy atom. The molecule has 0 bridgehead atoms. The lowest BCUT2D eigenvalue weighted by Gasteiger charge is -2.36. The molecule has 2 N–H and O–H groups in total. The lowest BCUT2D eigenvalue weighted by Crippen LogP contribution is -2.59. The van der Waals surface area contributed by atoms with Gasteiger partial charge >= 0.3 is 0 Å². The van der Waals surface area contributed by atoms with E-state index in [9.17, 15) is 14.4 Å². The van der Waals surface area contributed by atoms with Crippen LogP contribution in [0, 0.1) is 12.3 Å². The Morgan fingerprint density at radius 2 is 1.97 bits per heavy atom. The van der Waals surface area contributed by atoms with Gasteiger partial charge in [-0.15, -0.1) is 11.3 Å². The van der Waals surface area contributed by atoms with Crippen molar-refractivity contribution in [3.05, 3.63) is 41.0 Å². The van der Waals surface area contributed by atoms with Crippen LogP contribution in [-0.2, 0) is 14.4 Å². The normalized spacial score (nSPS) is 17.4. The van der Waals surface area contributed by atoms with Crippen molar-refractivity contribution in [2.75, 3.05) is 6.67 Å². The zero-order valence-corrected chi connectivity index (χ0v) is 20.9. The van der Waals surface area contributed by atoms with E-state index in [0.29, 0.717) is 6.42 Å². The van der Waals surface area contributed by atoms with Crippen LogP contribution in [0.4, 0.5) is 0 Å². The number of thiazole rings is 1. The van der Waals surface area contributed by atoms with E-state index in [1.165, 1.54) is 4.90 Å². The summed E-state index contributed by atoms with van der Waals surface area (Å²) in [5.74, 6) is -0.627. The molecule has 3 amide bonds. The number of aromatic nitrogens is 1. The minimum atomic E-state index is -0.799. The molecular formula is C25H34N4O3S. The minimum absolute atomic E-state index is 0.0237. The summed E-state index contributed by atoms with van der Waals surface area (Å²) in [5.41, 5.74) is 4.74. The summed E-state index contributed by atoms with van der Waals surface area (Å²) in [6, 6.07) is 7.18. The van der Waals surface area contributed by atoms with Crippen LogP contribution < -0.4 is 10.6 Å². The molecule has 0 spiro atoms. The molecule has 3 rings (SSSR count). The van der Waals surface area contributed by atoms with E-state index in [-0.39, 0.29) is 42.3 Å². The average molecular weight is 471 g/mol. The highest BCUT2D eigenvalue weighted by molar-refractivity contribution is 7.13. The second-order valence-electron chi connectivity index (χ2n) is 9.82. The number of carbonyl (C=O) groups is 3. The molecule has 33 heavy (non-hydrogen) atoms. The van der Waals surface area contributed by atoms with Crippen LogP contribution in [0.15, 0.2) is 29.8 Å². The van der Waals surface area contributed by atoms with Gasteiger partial charge in [0.15, 0.2) is 0 Å². The lowest BCUT2D eigenvalue weighted by molar-refractivity contribution is -0.148. The molecular weight excluding hydrogens is 436 g/mol. The van der Waals surface area contributed by atoms with Crippen molar-refractivity contribution in [1.82, 2.24) is 20.5 Å². The first-order valence-electron chi connectivity index (χ1n) is 11.5. The topological polar surface area (TPSA) is 91.4 Å². The Balaban J connectivity index is 1.77. The summed E-state index contributed by atoms with van der Waals surface area (Å²) in [5, 5.41) is 5.82. The average Bonchev–Trinajstić information content (AvgIpc) is 3.18. The Bertz CT molecular complexity index is 994. The molecule has 2 atom stereocenters. The van der Waals surface area contributed by atoms with Crippen molar-refractivity contribution in [2.45, 2.75) is 72.4 Å². The van der Waals surface area contributed by atoms with Gasteiger partial charge in [-0.3, -0.25) is 14.4 Å². The summed E-state index contributed by atoms with van der Waals surface area (Å²) >= 11 is 1.61. The molecule has 1 aromatic heterocycles. The van der Waals surface area contributed by atoms with Crippen LogP contribution in [-0.4, -0.2) is 40.3 Å². The fourth-order valence-corrected chi connectivity index (χ4v) is 4.83. The molecule has 1 fully saturated rings. The molecule has 1 aliphatic heterocycles. The lowest BCUT2D eigenvalue weighted by atomic mass is 9.91. The molecule has 1 saturated heterocycles. The van der Waals surface area contributed by atoms with Crippen LogP contribution in [0.3, 0.4) is 0 Å². The van der Waals surface area contributed by atoms with Gasteiger partial charge in [-0.1, -0.05) is 58.4 Å². The van der Waals surface area contributed by atoms with Crippen LogP contribution >= 0.6 is 11.3 Å². The van der Waals surface area contributed by atoms with Crippen molar-refractivity contribution < 1.29 is 14.4 Å². The zero-order valence-electron chi connectivity index (χ0n) is 20.1. The number of benzene rings is 1. The Morgan fingerprint density at radius 1 is 1.27 bits per heavy atom. The molecule has 2 heterocycles. The molecule has 1 aromatic carbocycles. The number of nitrogens with one attached hydrogen (secondary N) is 2. The number of aryl methyl sites for hydroxylation is 1. The van der Waals surface area contributed by atoms with Gasteiger partial charge in [-0.05, 0) is 29.9 Å². The van der Waals surface area contributed by atoms with Crippen molar-refractivity contribution in [2.24, 2.45) is 5.41 Å². The van der Waals surface area contributed by atoms with Gasteiger partial charge in [0.1, 0.15) is 6.04 Å². The maximum atomic E-state index is 13.3. The highest BCUT2D eigenvalue weighted by atomic mass is 32.1. The number of rotatable bonds is 7. The predicted octanol–water partition coefficient (Wildman–Crippen LogP) is 4.19. The fraction of sp³-hybridized carbons (Fsp3) is 0.520. The van der Waals surface area contributed by atoms with Crippen LogP contribution in [0.1, 0.15) is 70.7 Å². The number of nitrogens with zero attached hydrogens (tertiary/aromatic N) is 2. The monoisotopic (exact) mass is 470 g/mol. The van der Waals surface area contributed by atoms with Crippen molar-refractivity contribution in [3.8, 4) is 10.4 Å². The zero-order chi connectivity index (χ0) is 24.2. The second-order valence-corrected chi connectivity index (χ2v) is 10.7. The highest BCUT2D eigenvalue weighted by Gasteiger charge is 2.37.